The lowest BCUT2D eigenvalue weighted by Gasteiger charge is -2.25. The number of nitrogens with one attached hydrogen (secondary N) is 1. The molecule has 1 saturated heterocycles. The maximum atomic E-state index is 12.7. The number of unbranched alkanes of at least 4 members (excludes halogenated alkanes) is 3. The minimum atomic E-state index is -0.204. The van der Waals surface area contributed by atoms with E-state index in [2.05, 4.69) is 22.2 Å². The van der Waals surface area contributed by atoms with Crippen molar-refractivity contribution >= 4 is 11.8 Å². The molecule has 2 amide bonds. The lowest BCUT2D eigenvalue weighted by atomic mass is 10.2. The van der Waals surface area contributed by atoms with Crippen LogP contribution < -0.4 is 5.32 Å². The van der Waals surface area contributed by atoms with E-state index in [1.54, 1.807) is 4.90 Å². The molecule has 144 valence electrons. The molecule has 0 radical (unpaired) electrons. The fraction of sp³-hybridized carbons (Fsp3) is 0.684. The lowest BCUT2D eigenvalue weighted by Crippen LogP contribution is -2.40. The number of amides is 2. The van der Waals surface area contributed by atoms with Gasteiger partial charge in [0, 0.05) is 45.1 Å². The number of ether oxygens (including phenoxy) is 1. The van der Waals surface area contributed by atoms with Gasteiger partial charge in [0.05, 0.1) is 12.3 Å². The highest BCUT2D eigenvalue weighted by Crippen LogP contribution is 2.15. The van der Waals surface area contributed by atoms with Crippen LogP contribution in [0.4, 0.5) is 0 Å². The van der Waals surface area contributed by atoms with Crippen LogP contribution in [0.25, 0.3) is 0 Å². The van der Waals surface area contributed by atoms with E-state index in [4.69, 9.17) is 4.74 Å². The van der Waals surface area contributed by atoms with Gasteiger partial charge in [-0.05, 0) is 19.3 Å². The van der Waals surface area contributed by atoms with Crippen molar-refractivity contribution in [3.05, 3.63) is 24.3 Å². The normalized spacial score (nSPS) is 16.4. The van der Waals surface area contributed by atoms with Gasteiger partial charge in [-0.25, -0.2) is 4.98 Å². The number of carbonyl (C=O) groups excluding carboxylic acids is 2. The Labute approximate surface area is 155 Å². The Balaban J connectivity index is 1.83. The van der Waals surface area contributed by atoms with Crippen molar-refractivity contribution in [2.45, 2.75) is 58.0 Å². The second kappa shape index (κ2) is 11.6. The van der Waals surface area contributed by atoms with Crippen LogP contribution >= 0.6 is 0 Å². The molecule has 7 nitrogen and oxygen atoms in total. The average molecular weight is 362 g/mol. The van der Waals surface area contributed by atoms with Crippen molar-refractivity contribution in [3.8, 4) is 0 Å². The highest BCUT2D eigenvalue weighted by Gasteiger charge is 2.24. The molecule has 7 heteroatoms. The van der Waals surface area contributed by atoms with E-state index < -0.39 is 0 Å². The van der Waals surface area contributed by atoms with Crippen molar-refractivity contribution in [1.29, 1.82) is 0 Å². The first-order valence-electron chi connectivity index (χ1n) is 9.64. The minimum absolute atomic E-state index is 0.0224. The number of hydrogen-bond donors (Lipinski definition) is 1. The van der Waals surface area contributed by atoms with Crippen LogP contribution in [0.2, 0.25) is 0 Å². The summed E-state index contributed by atoms with van der Waals surface area (Å²) in [5, 5.41) is 2.93. The van der Waals surface area contributed by atoms with Crippen molar-refractivity contribution in [3.63, 3.8) is 0 Å². The van der Waals surface area contributed by atoms with Gasteiger partial charge in [-0.3, -0.25) is 14.6 Å². The predicted octanol–water partition coefficient (Wildman–Crippen LogP) is 2.18. The predicted molar refractivity (Wildman–Crippen MR) is 98.7 cm³/mol. The van der Waals surface area contributed by atoms with E-state index in [0.29, 0.717) is 25.3 Å². The molecule has 0 saturated carbocycles. The van der Waals surface area contributed by atoms with Gasteiger partial charge in [0.15, 0.2) is 0 Å². The van der Waals surface area contributed by atoms with E-state index in [1.807, 2.05) is 0 Å². The van der Waals surface area contributed by atoms with Crippen LogP contribution in [-0.2, 0) is 9.53 Å². The molecule has 26 heavy (non-hydrogen) atoms. The number of hydrogen-bond acceptors (Lipinski definition) is 5. The molecule has 2 heterocycles. The minimum Gasteiger partial charge on any atom is -0.376 e. The maximum absolute atomic E-state index is 12.7. The fourth-order valence-electron chi connectivity index (χ4n) is 2.99. The number of aromatic nitrogens is 2. The lowest BCUT2D eigenvalue weighted by molar-refractivity contribution is -0.121. The average Bonchev–Trinajstić information content (AvgIpc) is 3.18. The van der Waals surface area contributed by atoms with Gasteiger partial charge in [0.1, 0.15) is 5.69 Å². The van der Waals surface area contributed by atoms with E-state index in [0.717, 1.165) is 32.3 Å². The summed E-state index contributed by atoms with van der Waals surface area (Å²) in [6.45, 7) is 4.43. The summed E-state index contributed by atoms with van der Waals surface area (Å²) in [6.07, 6.45) is 11.3. The third-order valence-electron chi connectivity index (χ3n) is 4.48. The number of nitrogens with zero attached hydrogens (tertiary/aromatic N) is 3. The molecule has 0 aliphatic carbocycles. The molecule has 1 atom stereocenters. The Morgan fingerprint density at radius 2 is 2.19 bits per heavy atom. The number of carbonyl (C=O) groups is 2. The van der Waals surface area contributed by atoms with Gasteiger partial charge in [-0.1, -0.05) is 26.2 Å². The summed E-state index contributed by atoms with van der Waals surface area (Å²) < 4.78 is 5.65. The molecule has 1 fully saturated rings. The summed E-state index contributed by atoms with van der Waals surface area (Å²) in [5.41, 5.74) is 0.297. The second-order valence-electron chi connectivity index (χ2n) is 6.64. The molecule has 1 aliphatic heterocycles. The van der Waals surface area contributed by atoms with Gasteiger partial charge in [0.2, 0.25) is 5.91 Å². The van der Waals surface area contributed by atoms with Crippen LogP contribution in [0.15, 0.2) is 18.6 Å². The Bertz CT molecular complexity index is 547. The fourth-order valence-corrected chi connectivity index (χ4v) is 2.99. The molecule has 0 aromatic carbocycles. The molecule has 0 bridgehead atoms. The summed E-state index contributed by atoms with van der Waals surface area (Å²) in [5.74, 6) is -0.227. The third kappa shape index (κ3) is 7.07. The number of rotatable bonds is 11. The van der Waals surface area contributed by atoms with Crippen LogP contribution in [0.5, 0.6) is 0 Å². The molecule has 1 N–H and O–H groups in total. The first kappa shape index (κ1) is 20.3. The molecule has 1 aliphatic rings. The largest absolute Gasteiger partial charge is 0.376 e. The van der Waals surface area contributed by atoms with Gasteiger partial charge < -0.3 is 15.0 Å². The molecule has 1 aromatic rings. The molecule has 1 unspecified atom stereocenters. The quantitative estimate of drug-likeness (QED) is 0.610. The standard InChI is InChI=1S/C19H30N4O3/c1-2-3-4-5-9-22-18(24)8-12-23(15-16-7-6-13-26-16)19(25)17-14-20-10-11-21-17/h10-11,14,16H,2-9,12-13,15H2,1H3,(H,22,24). The maximum Gasteiger partial charge on any atom is 0.274 e. The highest BCUT2D eigenvalue weighted by atomic mass is 16.5. The Morgan fingerprint density at radius 3 is 2.88 bits per heavy atom. The Hall–Kier alpha value is -2.02. The summed E-state index contributed by atoms with van der Waals surface area (Å²) >= 11 is 0. The van der Waals surface area contributed by atoms with E-state index in [9.17, 15) is 9.59 Å². The molecule has 2 rings (SSSR count). The van der Waals surface area contributed by atoms with Crippen LogP contribution in [-0.4, -0.2) is 59.0 Å². The van der Waals surface area contributed by atoms with E-state index in [-0.39, 0.29) is 24.3 Å². The second-order valence-corrected chi connectivity index (χ2v) is 6.64. The first-order chi connectivity index (χ1) is 12.7. The van der Waals surface area contributed by atoms with E-state index >= 15 is 0 Å². The monoisotopic (exact) mass is 362 g/mol. The van der Waals surface area contributed by atoms with Gasteiger partial charge >= 0.3 is 0 Å². The molecular weight excluding hydrogens is 332 g/mol. The molecular formula is C19H30N4O3. The molecule has 1 aromatic heterocycles. The van der Waals surface area contributed by atoms with Gasteiger partial charge in [-0.2, -0.15) is 0 Å². The Kier molecular flexibility index (Phi) is 9.03. The smallest absolute Gasteiger partial charge is 0.274 e. The summed E-state index contributed by atoms with van der Waals surface area (Å²) in [7, 11) is 0. The molecule has 0 spiro atoms. The Morgan fingerprint density at radius 1 is 1.31 bits per heavy atom. The van der Waals surface area contributed by atoms with Crippen molar-refractivity contribution in [2.75, 3.05) is 26.2 Å². The van der Waals surface area contributed by atoms with Crippen molar-refractivity contribution in [1.82, 2.24) is 20.2 Å². The first-order valence-corrected chi connectivity index (χ1v) is 9.64. The van der Waals surface area contributed by atoms with E-state index in [1.165, 1.54) is 31.4 Å². The topological polar surface area (TPSA) is 84.4 Å². The van der Waals surface area contributed by atoms with Gasteiger partial charge in [0.25, 0.3) is 5.91 Å². The van der Waals surface area contributed by atoms with Crippen molar-refractivity contribution < 1.29 is 14.3 Å². The zero-order valence-corrected chi connectivity index (χ0v) is 15.7. The summed E-state index contributed by atoms with van der Waals surface area (Å²) in [6, 6.07) is 0. The highest BCUT2D eigenvalue weighted by molar-refractivity contribution is 5.92. The zero-order valence-electron chi connectivity index (χ0n) is 15.7. The SMILES string of the molecule is CCCCCCNC(=O)CCN(CC1CCCO1)C(=O)c1cnccn1. The summed E-state index contributed by atoms with van der Waals surface area (Å²) in [4.78, 5) is 34.5. The van der Waals surface area contributed by atoms with Crippen molar-refractivity contribution in [2.24, 2.45) is 0 Å². The van der Waals surface area contributed by atoms with Crippen LogP contribution in [0.1, 0.15) is 62.4 Å². The third-order valence-corrected chi connectivity index (χ3v) is 4.48. The van der Waals surface area contributed by atoms with Crippen LogP contribution in [0, 0.1) is 0 Å². The van der Waals surface area contributed by atoms with Crippen LogP contribution in [0.3, 0.4) is 0 Å². The van der Waals surface area contributed by atoms with Gasteiger partial charge in [-0.15, -0.1) is 0 Å². The zero-order chi connectivity index (χ0) is 18.6.